The molecule has 1 fully saturated rings. The van der Waals surface area contributed by atoms with E-state index in [-0.39, 0.29) is 11.5 Å². The first kappa shape index (κ1) is 12.4. The van der Waals surface area contributed by atoms with Crippen molar-refractivity contribution in [3.05, 3.63) is 29.6 Å². The minimum Gasteiger partial charge on any atom is -0.396 e. The molecule has 94 valence electrons. The van der Waals surface area contributed by atoms with Crippen LogP contribution >= 0.6 is 0 Å². The zero-order valence-electron chi connectivity index (χ0n) is 10.3. The Morgan fingerprint density at radius 1 is 1.18 bits per heavy atom. The SMILES string of the molecule is Nc1cccc(CCCN2CCCCC2)c1F. The Morgan fingerprint density at radius 2 is 1.94 bits per heavy atom. The smallest absolute Gasteiger partial charge is 0.149 e. The number of nitrogen functional groups attached to an aromatic ring is 1. The van der Waals surface area contributed by atoms with Gasteiger partial charge in [-0.3, -0.25) is 0 Å². The number of anilines is 1. The van der Waals surface area contributed by atoms with Crippen LogP contribution in [-0.2, 0) is 6.42 Å². The van der Waals surface area contributed by atoms with Crippen LogP contribution in [0.5, 0.6) is 0 Å². The van der Waals surface area contributed by atoms with E-state index in [1.165, 1.54) is 32.4 Å². The Labute approximate surface area is 103 Å². The van der Waals surface area contributed by atoms with Crippen LogP contribution in [0.15, 0.2) is 18.2 Å². The maximum absolute atomic E-state index is 13.6. The molecule has 0 amide bonds. The Balaban J connectivity index is 1.79. The minimum atomic E-state index is -0.230. The third-order valence-corrected chi connectivity index (χ3v) is 3.48. The van der Waals surface area contributed by atoms with Gasteiger partial charge in [0.1, 0.15) is 5.82 Å². The number of nitrogens with two attached hydrogens (primary N) is 1. The first-order valence-electron chi connectivity index (χ1n) is 6.52. The van der Waals surface area contributed by atoms with E-state index >= 15 is 0 Å². The molecule has 0 saturated carbocycles. The highest BCUT2D eigenvalue weighted by molar-refractivity contribution is 5.42. The van der Waals surface area contributed by atoms with E-state index in [0.29, 0.717) is 0 Å². The molecule has 2 rings (SSSR count). The van der Waals surface area contributed by atoms with E-state index in [2.05, 4.69) is 4.90 Å². The average Bonchev–Trinajstić information content (AvgIpc) is 2.36. The number of likely N-dealkylation sites (tertiary alicyclic amines) is 1. The minimum absolute atomic E-state index is 0.230. The monoisotopic (exact) mass is 236 g/mol. The number of halogens is 1. The molecule has 2 nitrogen and oxygen atoms in total. The molecule has 0 aromatic heterocycles. The van der Waals surface area contributed by atoms with Crippen molar-refractivity contribution in [2.45, 2.75) is 32.1 Å². The lowest BCUT2D eigenvalue weighted by molar-refractivity contribution is 0.226. The first-order valence-corrected chi connectivity index (χ1v) is 6.52. The van der Waals surface area contributed by atoms with Gasteiger partial charge < -0.3 is 10.6 Å². The van der Waals surface area contributed by atoms with Crippen LogP contribution in [0, 0.1) is 5.82 Å². The average molecular weight is 236 g/mol. The molecule has 0 aliphatic carbocycles. The lowest BCUT2D eigenvalue weighted by atomic mass is 10.1. The predicted octanol–water partition coefficient (Wildman–Crippen LogP) is 2.83. The van der Waals surface area contributed by atoms with Gasteiger partial charge in [0.05, 0.1) is 5.69 Å². The van der Waals surface area contributed by atoms with Crippen LogP contribution in [0.25, 0.3) is 0 Å². The molecule has 1 aromatic rings. The van der Waals surface area contributed by atoms with Crippen molar-refractivity contribution in [3.63, 3.8) is 0 Å². The summed E-state index contributed by atoms with van der Waals surface area (Å²) in [5.41, 5.74) is 6.57. The molecule has 0 unspecified atom stereocenters. The van der Waals surface area contributed by atoms with Crippen molar-refractivity contribution in [3.8, 4) is 0 Å². The van der Waals surface area contributed by atoms with Crippen molar-refractivity contribution in [1.29, 1.82) is 0 Å². The van der Waals surface area contributed by atoms with E-state index < -0.39 is 0 Å². The number of nitrogens with zero attached hydrogens (tertiary/aromatic N) is 1. The number of piperidine rings is 1. The zero-order chi connectivity index (χ0) is 12.1. The number of hydrogen-bond donors (Lipinski definition) is 1. The molecular formula is C14H21FN2. The van der Waals surface area contributed by atoms with Crippen LogP contribution in [-0.4, -0.2) is 24.5 Å². The molecule has 0 bridgehead atoms. The summed E-state index contributed by atoms with van der Waals surface area (Å²) in [6.45, 7) is 3.49. The van der Waals surface area contributed by atoms with Crippen molar-refractivity contribution in [2.75, 3.05) is 25.4 Å². The van der Waals surface area contributed by atoms with Crippen molar-refractivity contribution in [2.24, 2.45) is 0 Å². The summed E-state index contributed by atoms with van der Waals surface area (Å²) < 4.78 is 13.6. The van der Waals surface area contributed by atoms with Gasteiger partial charge >= 0.3 is 0 Å². The summed E-state index contributed by atoms with van der Waals surface area (Å²) in [6.07, 6.45) is 5.79. The number of benzene rings is 1. The van der Waals surface area contributed by atoms with Gasteiger partial charge in [0.2, 0.25) is 0 Å². The molecule has 0 radical (unpaired) electrons. The molecule has 0 spiro atoms. The zero-order valence-corrected chi connectivity index (χ0v) is 10.3. The number of rotatable bonds is 4. The molecule has 1 heterocycles. The fourth-order valence-electron chi connectivity index (χ4n) is 2.47. The molecule has 1 aromatic carbocycles. The molecule has 1 aliphatic heterocycles. The summed E-state index contributed by atoms with van der Waals surface area (Å²) in [6, 6.07) is 5.28. The van der Waals surface area contributed by atoms with Gasteiger partial charge in [-0.1, -0.05) is 18.6 Å². The van der Waals surface area contributed by atoms with E-state index in [0.717, 1.165) is 24.9 Å². The van der Waals surface area contributed by atoms with Gasteiger partial charge in [-0.15, -0.1) is 0 Å². The molecule has 3 heteroatoms. The Bertz CT molecular complexity index is 359. The Kier molecular flexibility index (Phi) is 4.37. The third-order valence-electron chi connectivity index (χ3n) is 3.48. The van der Waals surface area contributed by atoms with Gasteiger partial charge in [-0.05, 0) is 56.9 Å². The van der Waals surface area contributed by atoms with E-state index in [1.807, 2.05) is 12.1 Å². The van der Waals surface area contributed by atoms with E-state index in [9.17, 15) is 4.39 Å². The highest BCUT2D eigenvalue weighted by Gasteiger charge is 2.10. The second-order valence-electron chi connectivity index (χ2n) is 4.83. The molecular weight excluding hydrogens is 215 g/mol. The molecule has 1 saturated heterocycles. The topological polar surface area (TPSA) is 29.3 Å². The number of hydrogen-bond acceptors (Lipinski definition) is 2. The highest BCUT2D eigenvalue weighted by Crippen LogP contribution is 2.17. The fourth-order valence-corrected chi connectivity index (χ4v) is 2.47. The lowest BCUT2D eigenvalue weighted by Gasteiger charge is -2.26. The molecule has 2 N–H and O–H groups in total. The van der Waals surface area contributed by atoms with Crippen molar-refractivity contribution in [1.82, 2.24) is 4.90 Å². The Hall–Kier alpha value is -1.09. The second kappa shape index (κ2) is 6.01. The fraction of sp³-hybridized carbons (Fsp3) is 0.571. The summed E-state index contributed by atoms with van der Waals surface area (Å²) >= 11 is 0. The second-order valence-corrected chi connectivity index (χ2v) is 4.83. The Morgan fingerprint density at radius 3 is 2.71 bits per heavy atom. The van der Waals surface area contributed by atoms with E-state index in [4.69, 9.17) is 5.73 Å². The van der Waals surface area contributed by atoms with Gasteiger partial charge in [0, 0.05) is 0 Å². The van der Waals surface area contributed by atoms with Crippen LogP contribution < -0.4 is 5.73 Å². The highest BCUT2D eigenvalue weighted by atomic mass is 19.1. The molecule has 1 aliphatic rings. The van der Waals surface area contributed by atoms with Crippen LogP contribution in [0.2, 0.25) is 0 Å². The largest absolute Gasteiger partial charge is 0.396 e. The van der Waals surface area contributed by atoms with E-state index in [1.54, 1.807) is 6.07 Å². The van der Waals surface area contributed by atoms with Gasteiger partial charge in [0.25, 0.3) is 0 Å². The van der Waals surface area contributed by atoms with Gasteiger partial charge in [-0.2, -0.15) is 0 Å². The van der Waals surface area contributed by atoms with Crippen molar-refractivity contribution >= 4 is 5.69 Å². The molecule has 17 heavy (non-hydrogen) atoms. The summed E-state index contributed by atoms with van der Waals surface area (Å²) in [4.78, 5) is 2.48. The van der Waals surface area contributed by atoms with Gasteiger partial charge in [-0.25, -0.2) is 4.39 Å². The van der Waals surface area contributed by atoms with Gasteiger partial charge in [0.15, 0.2) is 0 Å². The predicted molar refractivity (Wildman–Crippen MR) is 69.4 cm³/mol. The third kappa shape index (κ3) is 3.43. The summed E-state index contributed by atoms with van der Waals surface area (Å²) in [5, 5.41) is 0. The number of aryl methyl sites for hydroxylation is 1. The summed E-state index contributed by atoms with van der Waals surface area (Å²) in [5.74, 6) is -0.230. The standard InChI is InChI=1S/C14H21FN2/c15-14-12(6-4-8-13(14)16)7-5-11-17-9-2-1-3-10-17/h4,6,8H,1-3,5,7,9-11,16H2. The normalized spacial score (nSPS) is 17.2. The lowest BCUT2D eigenvalue weighted by Crippen LogP contribution is -2.30. The first-order chi connectivity index (χ1) is 8.27. The van der Waals surface area contributed by atoms with Crippen LogP contribution in [0.1, 0.15) is 31.2 Å². The maximum Gasteiger partial charge on any atom is 0.149 e. The quantitative estimate of drug-likeness (QED) is 0.814. The van der Waals surface area contributed by atoms with Crippen LogP contribution in [0.3, 0.4) is 0 Å². The van der Waals surface area contributed by atoms with Crippen LogP contribution in [0.4, 0.5) is 10.1 Å². The maximum atomic E-state index is 13.6. The molecule has 0 atom stereocenters. The van der Waals surface area contributed by atoms with Crippen molar-refractivity contribution < 1.29 is 4.39 Å². The summed E-state index contributed by atoms with van der Waals surface area (Å²) in [7, 11) is 0.